The van der Waals surface area contributed by atoms with Crippen molar-refractivity contribution < 1.29 is 9.59 Å². The van der Waals surface area contributed by atoms with Crippen LogP contribution in [0.15, 0.2) is 35.2 Å². The van der Waals surface area contributed by atoms with Crippen molar-refractivity contribution in [3.63, 3.8) is 0 Å². The van der Waals surface area contributed by atoms with Crippen molar-refractivity contribution in [2.75, 3.05) is 6.54 Å². The summed E-state index contributed by atoms with van der Waals surface area (Å²) in [5.74, 6) is -0.287. The Morgan fingerprint density at radius 3 is 2.53 bits per heavy atom. The Balaban J connectivity index is 2.45. The Kier molecular flexibility index (Phi) is 5.56. The van der Waals surface area contributed by atoms with Gasteiger partial charge in [-0.3, -0.25) is 10.1 Å². The number of nitrogens with one attached hydrogen (secondary N) is 2. The highest BCUT2D eigenvalue weighted by molar-refractivity contribution is 8.00. The molecule has 1 rings (SSSR count). The average molecular weight is 252 g/mol. The van der Waals surface area contributed by atoms with Gasteiger partial charge in [0, 0.05) is 11.4 Å². The fraction of sp³-hybridized carbons (Fsp3) is 0.333. The van der Waals surface area contributed by atoms with Crippen LogP contribution in [-0.2, 0) is 4.79 Å². The van der Waals surface area contributed by atoms with Crippen molar-refractivity contribution in [2.45, 2.75) is 24.0 Å². The Morgan fingerprint density at radius 2 is 1.94 bits per heavy atom. The first-order valence-corrected chi connectivity index (χ1v) is 6.32. The van der Waals surface area contributed by atoms with E-state index >= 15 is 0 Å². The van der Waals surface area contributed by atoms with Gasteiger partial charge in [0.2, 0.25) is 5.91 Å². The quantitative estimate of drug-likeness (QED) is 0.806. The highest BCUT2D eigenvalue weighted by Crippen LogP contribution is 2.22. The Labute approximate surface area is 105 Å². The molecule has 0 saturated heterocycles. The fourth-order valence-electron chi connectivity index (χ4n) is 1.17. The van der Waals surface area contributed by atoms with E-state index in [0.29, 0.717) is 6.54 Å². The van der Waals surface area contributed by atoms with Crippen LogP contribution in [0.25, 0.3) is 0 Å². The summed E-state index contributed by atoms with van der Waals surface area (Å²) >= 11 is 1.42. The molecule has 1 aromatic carbocycles. The molecule has 5 heteroatoms. The first kappa shape index (κ1) is 13.6. The molecule has 17 heavy (non-hydrogen) atoms. The summed E-state index contributed by atoms with van der Waals surface area (Å²) in [6, 6.07) is 9.16. The maximum Gasteiger partial charge on any atom is 0.321 e. The number of benzene rings is 1. The summed E-state index contributed by atoms with van der Waals surface area (Å²) in [7, 11) is 0. The average Bonchev–Trinajstić information content (AvgIpc) is 2.30. The molecule has 1 aromatic rings. The summed E-state index contributed by atoms with van der Waals surface area (Å²) in [6.45, 7) is 4.07. The van der Waals surface area contributed by atoms with Gasteiger partial charge in [-0.05, 0) is 26.0 Å². The molecule has 1 atom stereocenters. The first-order valence-electron chi connectivity index (χ1n) is 5.44. The summed E-state index contributed by atoms with van der Waals surface area (Å²) < 4.78 is 0. The van der Waals surface area contributed by atoms with Crippen LogP contribution < -0.4 is 10.6 Å². The lowest BCUT2D eigenvalue weighted by atomic mass is 10.4. The summed E-state index contributed by atoms with van der Waals surface area (Å²) in [5, 5.41) is 4.50. The van der Waals surface area contributed by atoms with Crippen LogP contribution in [0.4, 0.5) is 4.79 Å². The predicted molar refractivity (Wildman–Crippen MR) is 69.0 cm³/mol. The second-order valence-electron chi connectivity index (χ2n) is 3.42. The van der Waals surface area contributed by atoms with Gasteiger partial charge in [0.05, 0.1) is 5.25 Å². The van der Waals surface area contributed by atoms with Crippen LogP contribution in [0, 0.1) is 0 Å². The van der Waals surface area contributed by atoms with Gasteiger partial charge >= 0.3 is 6.03 Å². The van der Waals surface area contributed by atoms with Crippen LogP contribution in [0.3, 0.4) is 0 Å². The van der Waals surface area contributed by atoms with Gasteiger partial charge in [-0.1, -0.05) is 18.2 Å². The smallest absolute Gasteiger partial charge is 0.321 e. The molecule has 0 saturated carbocycles. The Hall–Kier alpha value is -1.49. The second-order valence-corrected chi connectivity index (χ2v) is 4.84. The van der Waals surface area contributed by atoms with Gasteiger partial charge in [-0.2, -0.15) is 0 Å². The normalized spacial score (nSPS) is 11.6. The largest absolute Gasteiger partial charge is 0.338 e. The van der Waals surface area contributed by atoms with Crippen molar-refractivity contribution in [3.8, 4) is 0 Å². The van der Waals surface area contributed by atoms with E-state index in [4.69, 9.17) is 0 Å². The molecule has 2 N–H and O–H groups in total. The number of hydrogen-bond donors (Lipinski definition) is 2. The van der Waals surface area contributed by atoms with E-state index in [2.05, 4.69) is 10.6 Å². The number of thioether (sulfide) groups is 1. The highest BCUT2D eigenvalue weighted by atomic mass is 32.2. The van der Waals surface area contributed by atoms with Gasteiger partial charge < -0.3 is 5.32 Å². The van der Waals surface area contributed by atoms with Crippen molar-refractivity contribution in [2.24, 2.45) is 0 Å². The molecule has 0 heterocycles. The monoisotopic (exact) mass is 252 g/mol. The maximum absolute atomic E-state index is 11.6. The Morgan fingerprint density at radius 1 is 1.29 bits per heavy atom. The molecule has 1 unspecified atom stereocenters. The number of rotatable bonds is 4. The lowest BCUT2D eigenvalue weighted by Gasteiger charge is -2.11. The number of urea groups is 1. The molecule has 0 radical (unpaired) electrons. The fourth-order valence-corrected chi connectivity index (χ4v) is 2.06. The number of amides is 3. The summed E-state index contributed by atoms with van der Waals surface area (Å²) in [6.07, 6.45) is 0. The van der Waals surface area contributed by atoms with E-state index in [1.807, 2.05) is 30.3 Å². The van der Waals surface area contributed by atoms with Gasteiger partial charge in [0.1, 0.15) is 0 Å². The minimum Gasteiger partial charge on any atom is -0.338 e. The molecule has 3 amide bonds. The van der Waals surface area contributed by atoms with Crippen molar-refractivity contribution in [3.05, 3.63) is 30.3 Å². The van der Waals surface area contributed by atoms with E-state index in [1.54, 1.807) is 13.8 Å². The van der Waals surface area contributed by atoms with E-state index in [9.17, 15) is 9.59 Å². The van der Waals surface area contributed by atoms with Crippen molar-refractivity contribution in [1.29, 1.82) is 0 Å². The van der Waals surface area contributed by atoms with E-state index in [0.717, 1.165) is 4.90 Å². The molecule has 0 aromatic heterocycles. The zero-order valence-electron chi connectivity index (χ0n) is 9.90. The van der Waals surface area contributed by atoms with Gasteiger partial charge in [-0.15, -0.1) is 11.8 Å². The highest BCUT2D eigenvalue weighted by Gasteiger charge is 2.16. The van der Waals surface area contributed by atoms with Crippen molar-refractivity contribution in [1.82, 2.24) is 10.6 Å². The van der Waals surface area contributed by atoms with E-state index < -0.39 is 6.03 Å². The SMILES string of the molecule is CCNC(=O)NC(=O)C(C)Sc1ccccc1. The second kappa shape index (κ2) is 6.96. The molecular weight excluding hydrogens is 236 g/mol. The van der Waals surface area contributed by atoms with Gasteiger partial charge in [0.15, 0.2) is 0 Å². The first-order chi connectivity index (χ1) is 8.13. The summed E-state index contributed by atoms with van der Waals surface area (Å²) in [5.41, 5.74) is 0. The lowest BCUT2D eigenvalue weighted by Crippen LogP contribution is -2.42. The standard InChI is InChI=1S/C12H16N2O2S/c1-3-13-12(16)14-11(15)9(2)17-10-7-5-4-6-8-10/h4-9H,3H2,1-2H3,(H2,13,14,15,16). The molecule has 0 aliphatic rings. The van der Waals surface area contributed by atoms with E-state index in [1.165, 1.54) is 11.8 Å². The van der Waals surface area contributed by atoms with E-state index in [-0.39, 0.29) is 11.2 Å². The predicted octanol–water partition coefficient (Wildman–Crippen LogP) is 2.01. The topological polar surface area (TPSA) is 58.2 Å². The van der Waals surface area contributed by atoms with Gasteiger partial charge in [0.25, 0.3) is 0 Å². The molecule has 0 spiro atoms. The molecule has 0 fully saturated rings. The number of carbonyl (C=O) groups excluding carboxylic acids is 2. The third kappa shape index (κ3) is 4.91. The summed E-state index contributed by atoms with van der Waals surface area (Å²) in [4.78, 5) is 23.8. The lowest BCUT2D eigenvalue weighted by molar-refractivity contribution is -0.119. The van der Waals surface area contributed by atoms with Gasteiger partial charge in [-0.25, -0.2) is 4.79 Å². The minimum atomic E-state index is -0.446. The zero-order valence-corrected chi connectivity index (χ0v) is 10.7. The zero-order chi connectivity index (χ0) is 12.7. The number of carbonyl (C=O) groups is 2. The third-order valence-corrected chi connectivity index (χ3v) is 3.11. The molecule has 0 bridgehead atoms. The van der Waals surface area contributed by atoms with Crippen LogP contribution in [0.1, 0.15) is 13.8 Å². The minimum absolute atomic E-state index is 0.287. The molecular formula is C12H16N2O2S. The molecule has 0 aliphatic heterocycles. The number of hydrogen-bond acceptors (Lipinski definition) is 3. The molecule has 0 aliphatic carbocycles. The van der Waals surface area contributed by atoms with Crippen LogP contribution in [-0.4, -0.2) is 23.7 Å². The van der Waals surface area contributed by atoms with Crippen LogP contribution in [0.2, 0.25) is 0 Å². The number of imide groups is 1. The van der Waals surface area contributed by atoms with Crippen molar-refractivity contribution >= 4 is 23.7 Å². The molecule has 4 nitrogen and oxygen atoms in total. The Bertz CT molecular complexity index is 381. The van der Waals surface area contributed by atoms with Crippen LogP contribution in [0.5, 0.6) is 0 Å². The molecule has 92 valence electrons. The maximum atomic E-state index is 11.6. The third-order valence-electron chi connectivity index (χ3n) is 2.00. The van der Waals surface area contributed by atoms with Crippen LogP contribution >= 0.6 is 11.8 Å².